The van der Waals surface area contributed by atoms with Crippen LogP contribution in [0.1, 0.15) is 29.4 Å². The van der Waals surface area contributed by atoms with E-state index in [1.165, 1.54) is 6.20 Å². The molecule has 0 aliphatic carbocycles. The van der Waals surface area contributed by atoms with Crippen LogP contribution in [0.5, 0.6) is 5.75 Å². The maximum Gasteiger partial charge on any atom is 0.337 e. The normalized spacial score (nSPS) is 16.5. The number of amides is 1. The van der Waals surface area contributed by atoms with Crippen molar-refractivity contribution in [3.63, 3.8) is 0 Å². The molecule has 1 unspecified atom stereocenters. The first-order valence-electron chi connectivity index (χ1n) is 6.26. The third-order valence-corrected chi connectivity index (χ3v) is 3.08. The quantitative estimate of drug-likeness (QED) is 0.714. The molecule has 0 fully saturated rings. The number of aliphatic hydroxyl groups is 1. The van der Waals surface area contributed by atoms with Crippen LogP contribution < -0.4 is 10.1 Å². The summed E-state index contributed by atoms with van der Waals surface area (Å²) in [4.78, 5) is 26.6. The van der Waals surface area contributed by atoms with Crippen molar-refractivity contribution < 1.29 is 24.5 Å². The van der Waals surface area contributed by atoms with E-state index in [1.54, 1.807) is 6.07 Å². The predicted molar refractivity (Wildman–Crippen MR) is 68.6 cm³/mol. The van der Waals surface area contributed by atoms with Crippen LogP contribution in [-0.4, -0.2) is 45.8 Å². The molecule has 3 N–H and O–H groups in total. The van der Waals surface area contributed by atoms with Crippen LogP contribution in [0.15, 0.2) is 12.3 Å². The third-order valence-electron chi connectivity index (χ3n) is 3.08. The number of aromatic nitrogens is 1. The van der Waals surface area contributed by atoms with Crippen LogP contribution >= 0.6 is 0 Å². The fourth-order valence-electron chi connectivity index (χ4n) is 1.80. The molecule has 1 aromatic rings. The van der Waals surface area contributed by atoms with Gasteiger partial charge in [-0.05, 0) is 31.4 Å². The van der Waals surface area contributed by atoms with Gasteiger partial charge in [-0.25, -0.2) is 9.78 Å². The van der Waals surface area contributed by atoms with Crippen molar-refractivity contribution in [2.24, 2.45) is 0 Å². The second-order valence-electron chi connectivity index (χ2n) is 4.89. The van der Waals surface area contributed by atoms with Crippen molar-refractivity contribution in [3.8, 4) is 5.75 Å². The number of hydrogen-bond acceptors (Lipinski definition) is 5. The number of nitrogens with one attached hydrogen (secondary N) is 1. The lowest BCUT2D eigenvalue weighted by Crippen LogP contribution is -2.46. The Balaban J connectivity index is 2.04. The van der Waals surface area contributed by atoms with E-state index in [9.17, 15) is 14.7 Å². The summed E-state index contributed by atoms with van der Waals surface area (Å²) in [5.41, 5.74) is -0.927. The molecule has 1 aromatic heterocycles. The number of aryl methyl sites for hydroxylation is 1. The minimum Gasteiger partial charge on any atom is -0.492 e. The lowest BCUT2D eigenvalue weighted by molar-refractivity contribution is -0.155. The molecule has 0 bridgehead atoms. The molecule has 0 spiro atoms. The van der Waals surface area contributed by atoms with Gasteiger partial charge < -0.3 is 20.3 Å². The molecule has 1 atom stereocenters. The Hall–Kier alpha value is -2.15. The second-order valence-corrected chi connectivity index (χ2v) is 4.89. The van der Waals surface area contributed by atoms with Gasteiger partial charge in [0.15, 0.2) is 5.60 Å². The van der Waals surface area contributed by atoms with Crippen LogP contribution in [0.4, 0.5) is 0 Å². The fraction of sp³-hybridized carbons (Fsp3) is 0.462. The van der Waals surface area contributed by atoms with Gasteiger partial charge in [-0.3, -0.25) is 4.79 Å². The van der Waals surface area contributed by atoms with Gasteiger partial charge in [0, 0.05) is 0 Å². The first kappa shape index (κ1) is 14.3. The standard InChI is InChI=1S/C13H16N2O5/c1-13(19,12(17)18)7-15-11(16)9-5-8-3-2-4-20-10(8)6-14-9/h5-6,19H,2-4,7H2,1H3,(H,15,16)(H,17,18). The second kappa shape index (κ2) is 5.46. The molecule has 1 aliphatic rings. The molecular weight excluding hydrogens is 264 g/mol. The molecule has 2 heterocycles. The monoisotopic (exact) mass is 280 g/mol. The minimum absolute atomic E-state index is 0.176. The Bertz CT molecular complexity index is 542. The summed E-state index contributed by atoms with van der Waals surface area (Å²) < 4.78 is 5.39. The van der Waals surface area contributed by atoms with Gasteiger partial charge in [0.1, 0.15) is 11.4 Å². The summed E-state index contributed by atoms with van der Waals surface area (Å²) in [6.45, 7) is 1.36. The van der Waals surface area contributed by atoms with Crippen molar-refractivity contribution in [1.82, 2.24) is 10.3 Å². The van der Waals surface area contributed by atoms with Gasteiger partial charge in [-0.2, -0.15) is 0 Å². The number of carboxylic acids is 1. The number of ether oxygens (including phenoxy) is 1. The Kier molecular flexibility index (Phi) is 3.89. The highest BCUT2D eigenvalue weighted by Crippen LogP contribution is 2.23. The number of aliphatic carboxylic acids is 1. The van der Waals surface area contributed by atoms with E-state index in [2.05, 4.69) is 10.3 Å². The summed E-state index contributed by atoms with van der Waals surface area (Å²) in [7, 11) is 0. The number of carbonyl (C=O) groups excluding carboxylic acids is 1. The zero-order chi connectivity index (χ0) is 14.8. The highest BCUT2D eigenvalue weighted by atomic mass is 16.5. The van der Waals surface area contributed by atoms with Crippen molar-refractivity contribution in [2.75, 3.05) is 13.2 Å². The van der Waals surface area contributed by atoms with Crippen LogP contribution in [0.25, 0.3) is 0 Å². The van der Waals surface area contributed by atoms with Gasteiger partial charge in [-0.1, -0.05) is 0 Å². The highest BCUT2D eigenvalue weighted by molar-refractivity contribution is 5.93. The first-order chi connectivity index (χ1) is 9.40. The summed E-state index contributed by atoms with van der Waals surface area (Å²) in [5.74, 6) is -1.25. The number of hydrogen-bond donors (Lipinski definition) is 3. The number of fused-ring (bicyclic) bond motifs is 1. The van der Waals surface area contributed by atoms with E-state index in [1.807, 2.05) is 0 Å². The molecule has 7 heteroatoms. The predicted octanol–water partition coefficient (Wildman–Crippen LogP) is -0.0280. The lowest BCUT2D eigenvalue weighted by Gasteiger charge is -2.19. The van der Waals surface area contributed by atoms with Crippen LogP contribution in [0, 0.1) is 0 Å². The van der Waals surface area contributed by atoms with E-state index in [0.29, 0.717) is 12.4 Å². The molecule has 0 aromatic carbocycles. The van der Waals surface area contributed by atoms with Gasteiger partial charge in [0.2, 0.25) is 0 Å². The molecular formula is C13H16N2O5. The van der Waals surface area contributed by atoms with E-state index in [0.717, 1.165) is 25.3 Å². The number of rotatable bonds is 4. The highest BCUT2D eigenvalue weighted by Gasteiger charge is 2.30. The summed E-state index contributed by atoms with van der Waals surface area (Å²) in [6, 6.07) is 1.62. The Labute approximate surface area is 115 Å². The molecule has 108 valence electrons. The largest absolute Gasteiger partial charge is 0.492 e. The molecule has 0 saturated carbocycles. The average Bonchev–Trinajstić information content (AvgIpc) is 2.44. The lowest BCUT2D eigenvalue weighted by atomic mass is 10.1. The van der Waals surface area contributed by atoms with Crippen molar-refractivity contribution in [3.05, 3.63) is 23.5 Å². The fourth-order valence-corrected chi connectivity index (χ4v) is 1.80. The van der Waals surface area contributed by atoms with Crippen LogP contribution in [0.2, 0.25) is 0 Å². The van der Waals surface area contributed by atoms with E-state index < -0.39 is 24.0 Å². The minimum atomic E-state index is -2.01. The zero-order valence-electron chi connectivity index (χ0n) is 11.0. The maximum absolute atomic E-state index is 11.9. The van der Waals surface area contributed by atoms with E-state index in [4.69, 9.17) is 9.84 Å². The van der Waals surface area contributed by atoms with Gasteiger partial charge in [-0.15, -0.1) is 0 Å². The smallest absolute Gasteiger partial charge is 0.337 e. The van der Waals surface area contributed by atoms with E-state index in [-0.39, 0.29) is 5.69 Å². The van der Waals surface area contributed by atoms with Gasteiger partial charge in [0.05, 0.1) is 19.3 Å². The first-order valence-corrected chi connectivity index (χ1v) is 6.26. The van der Waals surface area contributed by atoms with Crippen molar-refractivity contribution >= 4 is 11.9 Å². The third kappa shape index (κ3) is 3.05. The summed E-state index contributed by atoms with van der Waals surface area (Å²) in [6.07, 6.45) is 3.18. The molecule has 1 amide bonds. The average molecular weight is 280 g/mol. The molecule has 0 radical (unpaired) electrons. The van der Waals surface area contributed by atoms with E-state index >= 15 is 0 Å². The Morgan fingerprint density at radius 2 is 2.30 bits per heavy atom. The molecule has 2 rings (SSSR count). The number of pyridine rings is 1. The Morgan fingerprint density at radius 1 is 1.55 bits per heavy atom. The van der Waals surface area contributed by atoms with Crippen molar-refractivity contribution in [2.45, 2.75) is 25.4 Å². The maximum atomic E-state index is 11.9. The van der Waals surface area contributed by atoms with Crippen molar-refractivity contribution in [1.29, 1.82) is 0 Å². The number of carbonyl (C=O) groups is 2. The number of carboxylic acid groups (broad SMARTS) is 1. The molecule has 7 nitrogen and oxygen atoms in total. The number of nitrogens with zero attached hydrogens (tertiary/aromatic N) is 1. The van der Waals surface area contributed by atoms with Gasteiger partial charge >= 0.3 is 5.97 Å². The van der Waals surface area contributed by atoms with Crippen LogP contribution in [0.3, 0.4) is 0 Å². The van der Waals surface area contributed by atoms with Crippen LogP contribution in [-0.2, 0) is 11.2 Å². The van der Waals surface area contributed by atoms with Gasteiger partial charge in [0.25, 0.3) is 5.91 Å². The topological polar surface area (TPSA) is 109 Å². The summed E-state index contributed by atoms with van der Waals surface area (Å²) in [5, 5.41) is 20.6. The zero-order valence-corrected chi connectivity index (χ0v) is 11.0. The molecule has 20 heavy (non-hydrogen) atoms. The molecule has 0 saturated heterocycles. The molecule has 1 aliphatic heterocycles. The summed E-state index contributed by atoms with van der Waals surface area (Å²) >= 11 is 0. The SMILES string of the molecule is CC(O)(CNC(=O)c1cc2c(cn1)OCCC2)C(=O)O. The Morgan fingerprint density at radius 3 is 3.00 bits per heavy atom.